The Kier molecular flexibility index (Phi) is 18.8. The molecule has 0 unspecified atom stereocenters. The highest BCUT2D eigenvalue weighted by atomic mass is 32.2. The number of rotatable bonds is 13. The Morgan fingerprint density at radius 3 is 2.02 bits per heavy atom. The van der Waals surface area contributed by atoms with E-state index in [0.29, 0.717) is 0 Å². The average Bonchev–Trinajstić information content (AvgIpc) is 3.23. The summed E-state index contributed by atoms with van der Waals surface area (Å²) in [5, 5.41) is 58.9. The summed E-state index contributed by atoms with van der Waals surface area (Å²) in [5.74, 6) is -5.51. The number of aryl methyl sites for hydroxylation is 1. The molecule has 0 spiro atoms. The van der Waals surface area contributed by atoms with E-state index in [-0.39, 0.29) is 37.4 Å². The van der Waals surface area contributed by atoms with Crippen LogP contribution in [0.25, 0.3) is 0 Å². The first-order valence-corrected chi connectivity index (χ1v) is 24.1. The average molecular weight is 948 g/mol. The van der Waals surface area contributed by atoms with Gasteiger partial charge in [0.15, 0.2) is 12.6 Å². The molecule has 374 valence electrons. The number of Topliss-reactive ketones (excluding diaryl/α,β-unsaturated/α-hetero) is 1. The number of nitrogens with zero attached hydrogens (tertiary/aromatic N) is 1. The van der Waals surface area contributed by atoms with E-state index in [1.54, 1.807) is 79.6 Å². The number of carbonyl (C=O) groups excluding carboxylic acids is 2. The molecule has 3 heterocycles. The summed E-state index contributed by atoms with van der Waals surface area (Å²) < 4.78 is 74.6. The maximum absolute atomic E-state index is 14.3. The minimum atomic E-state index is -4.07. The lowest BCUT2D eigenvalue weighted by Crippen LogP contribution is -2.65. The van der Waals surface area contributed by atoms with Gasteiger partial charge in [-0.3, -0.25) is 13.8 Å². The molecular formula is C46H77NO17S. The van der Waals surface area contributed by atoms with Crippen molar-refractivity contribution in [3.8, 4) is 0 Å². The van der Waals surface area contributed by atoms with Crippen molar-refractivity contribution in [3.63, 3.8) is 0 Å². The topological polar surface area (TPSA) is 247 Å². The second-order valence-corrected chi connectivity index (χ2v) is 21.1. The van der Waals surface area contributed by atoms with Crippen molar-refractivity contribution in [2.45, 2.75) is 191 Å². The fraction of sp³-hybridized carbons (Fsp3) is 0.826. The van der Waals surface area contributed by atoms with Gasteiger partial charge in [-0.1, -0.05) is 45.4 Å². The molecule has 19 atom stereocenters. The number of methoxy groups -OCH3 is 1. The molecule has 0 radical (unpaired) electrons. The zero-order chi connectivity index (χ0) is 49.1. The number of hydrogen-bond acceptors (Lipinski definition) is 18. The van der Waals surface area contributed by atoms with Crippen LogP contribution in [0.5, 0.6) is 0 Å². The van der Waals surface area contributed by atoms with Gasteiger partial charge in [0.2, 0.25) is 0 Å². The van der Waals surface area contributed by atoms with Gasteiger partial charge >= 0.3 is 5.97 Å². The van der Waals surface area contributed by atoms with E-state index in [1.165, 1.54) is 40.0 Å². The number of likely N-dealkylation sites (N-methyl/N-ethyl adjacent to an activating group) is 1. The Morgan fingerprint density at radius 1 is 0.831 bits per heavy atom. The standard InChI is InChI=1S/C46H77NO17S/c1-15-32-46(11,54)39(50)26(4)35(48)25(3)22-44(9,53)41(27(5)37(28(6)42(52)62-32)63-33-23-45(10,57-14)40(51)30(8)60-33)64-43-36(49)34(47(12)13)38(29(7)61-43)58-20-21-59-65(55,56)31-18-16-24(2)17-19-31/h16-19,25-30,32-34,36-41,43,49-51,53-54H,15,20-23H2,1-14H3/t25-,26+,27+,28-,29-,30+,32-,33+,34-,36-,37+,38-,39-,40+,41-,43+,44-,45-,46-/m1/s1. The molecule has 0 saturated carbocycles. The predicted molar refractivity (Wildman–Crippen MR) is 236 cm³/mol. The highest BCUT2D eigenvalue weighted by Crippen LogP contribution is 2.41. The number of carbonyl (C=O) groups is 2. The summed E-state index contributed by atoms with van der Waals surface area (Å²) in [6.07, 6.45) is -13.0. The van der Waals surface area contributed by atoms with Crippen LogP contribution in [0.2, 0.25) is 0 Å². The zero-order valence-corrected chi connectivity index (χ0v) is 41.4. The minimum absolute atomic E-state index is 0.00176. The third-order valence-corrected chi connectivity index (χ3v) is 15.2. The lowest BCUT2D eigenvalue weighted by molar-refractivity contribution is -0.329. The van der Waals surface area contributed by atoms with Crippen molar-refractivity contribution in [2.24, 2.45) is 23.7 Å². The summed E-state index contributed by atoms with van der Waals surface area (Å²) in [5.41, 5.74) is -4.23. The molecule has 1 aromatic rings. The second-order valence-electron chi connectivity index (χ2n) is 19.5. The first kappa shape index (κ1) is 55.4. The summed E-state index contributed by atoms with van der Waals surface area (Å²) in [7, 11) is 0.814. The Hall–Kier alpha value is -2.21. The number of hydrogen-bond donors (Lipinski definition) is 5. The molecule has 3 aliphatic rings. The van der Waals surface area contributed by atoms with Gasteiger partial charge < -0.3 is 63.6 Å². The van der Waals surface area contributed by atoms with Crippen molar-refractivity contribution in [1.82, 2.24) is 4.90 Å². The van der Waals surface area contributed by atoms with E-state index in [0.717, 1.165) is 5.56 Å². The van der Waals surface area contributed by atoms with Crippen molar-refractivity contribution in [3.05, 3.63) is 29.8 Å². The molecule has 3 fully saturated rings. The van der Waals surface area contributed by atoms with Gasteiger partial charge in [0.25, 0.3) is 10.1 Å². The van der Waals surface area contributed by atoms with Gasteiger partial charge in [-0.15, -0.1) is 0 Å². The van der Waals surface area contributed by atoms with E-state index in [1.807, 2.05) is 6.92 Å². The Balaban J connectivity index is 1.72. The van der Waals surface area contributed by atoms with Gasteiger partial charge in [-0.2, -0.15) is 8.42 Å². The van der Waals surface area contributed by atoms with Crippen molar-refractivity contribution >= 4 is 21.9 Å². The van der Waals surface area contributed by atoms with Gasteiger partial charge in [-0.25, -0.2) is 0 Å². The second kappa shape index (κ2) is 22.0. The quantitative estimate of drug-likeness (QED) is 0.108. The van der Waals surface area contributed by atoms with E-state index in [9.17, 15) is 43.5 Å². The van der Waals surface area contributed by atoms with Crippen LogP contribution in [0.4, 0.5) is 0 Å². The van der Waals surface area contributed by atoms with Crippen LogP contribution in [-0.2, 0) is 57.0 Å². The molecule has 65 heavy (non-hydrogen) atoms. The predicted octanol–water partition coefficient (Wildman–Crippen LogP) is 2.49. The van der Waals surface area contributed by atoms with Gasteiger partial charge in [-0.05, 0) is 87.5 Å². The van der Waals surface area contributed by atoms with Crippen molar-refractivity contribution < 1.29 is 80.9 Å². The van der Waals surface area contributed by atoms with E-state index in [2.05, 4.69) is 0 Å². The molecule has 0 aliphatic carbocycles. The molecule has 3 saturated heterocycles. The van der Waals surface area contributed by atoms with Crippen LogP contribution < -0.4 is 0 Å². The summed E-state index contributed by atoms with van der Waals surface area (Å²) in [6.45, 7) is 17.1. The number of cyclic esters (lactones) is 1. The number of benzene rings is 1. The monoisotopic (exact) mass is 947 g/mol. The van der Waals surface area contributed by atoms with Crippen molar-refractivity contribution in [1.29, 1.82) is 0 Å². The number of ketones is 1. The molecule has 0 bridgehead atoms. The molecule has 0 aromatic heterocycles. The molecule has 1 aromatic carbocycles. The highest BCUT2D eigenvalue weighted by molar-refractivity contribution is 7.86. The van der Waals surface area contributed by atoms with Gasteiger partial charge in [0.05, 0.1) is 71.8 Å². The first-order chi connectivity index (χ1) is 30.0. The maximum atomic E-state index is 14.3. The van der Waals surface area contributed by atoms with E-state index in [4.69, 9.17) is 37.3 Å². The molecule has 5 N–H and O–H groups in total. The molecule has 19 heteroatoms. The number of esters is 1. The fourth-order valence-electron chi connectivity index (χ4n) is 9.80. The normalized spacial score (nSPS) is 43.0. The molecular weight excluding hydrogens is 871 g/mol. The minimum Gasteiger partial charge on any atom is -0.459 e. The van der Waals surface area contributed by atoms with E-state index >= 15 is 0 Å². The smallest absolute Gasteiger partial charge is 0.311 e. The van der Waals surface area contributed by atoms with Gasteiger partial charge in [0.1, 0.15) is 35.8 Å². The molecule has 0 amide bonds. The number of aliphatic hydroxyl groups excluding tert-OH is 3. The van der Waals surface area contributed by atoms with Crippen LogP contribution in [0, 0.1) is 30.6 Å². The lowest BCUT2D eigenvalue weighted by Gasteiger charge is -2.50. The number of aliphatic hydroxyl groups is 5. The SMILES string of the molecule is CC[C@H]1OC(=O)[C@H](C)[C@@H](O[C@H]2C[C@@](C)(OC)[C@@H](O)[C@H](C)O2)[C@H](C)[C@@H](O[C@@H]2O[C@H](C)[C@@H](OCCOS(=O)(=O)c3ccc(C)cc3)[C@H](N(C)C)[C@H]2O)[C@](C)(O)C[C@@H](C)C(=O)[C@H](C)[C@@H](O)[C@]1(C)O. The van der Waals surface area contributed by atoms with Crippen LogP contribution in [0.1, 0.15) is 94.1 Å². The summed E-state index contributed by atoms with van der Waals surface area (Å²) >= 11 is 0. The zero-order valence-electron chi connectivity index (χ0n) is 40.6. The third kappa shape index (κ3) is 12.5. The molecule has 4 rings (SSSR count). The molecule has 3 aliphatic heterocycles. The van der Waals surface area contributed by atoms with Crippen LogP contribution >= 0.6 is 0 Å². The Labute approximate surface area is 385 Å². The number of ether oxygens (including phenoxy) is 7. The van der Waals surface area contributed by atoms with Crippen LogP contribution in [0.15, 0.2) is 29.2 Å². The summed E-state index contributed by atoms with van der Waals surface area (Å²) in [6, 6.07) is 5.42. The van der Waals surface area contributed by atoms with Crippen molar-refractivity contribution in [2.75, 3.05) is 34.4 Å². The maximum Gasteiger partial charge on any atom is 0.311 e. The van der Waals surface area contributed by atoms with Crippen LogP contribution in [-0.4, -0.2) is 175 Å². The summed E-state index contributed by atoms with van der Waals surface area (Å²) in [4.78, 5) is 30.0. The lowest BCUT2D eigenvalue weighted by atomic mass is 9.74. The Bertz CT molecular complexity index is 1830. The van der Waals surface area contributed by atoms with Crippen LogP contribution in [0.3, 0.4) is 0 Å². The Morgan fingerprint density at radius 2 is 1.45 bits per heavy atom. The largest absolute Gasteiger partial charge is 0.459 e. The molecule has 18 nitrogen and oxygen atoms in total. The van der Waals surface area contributed by atoms with Gasteiger partial charge in [0, 0.05) is 31.3 Å². The first-order valence-electron chi connectivity index (χ1n) is 22.7. The fourth-order valence-corrected chi connectivity index (χ4v) is 10.7. The third-order valence-electron chi connectivity index (χ3n) is 13.9. The van der Waals surface area contributed by atoms with E-state index < -0.39 is 136 Å². The highest BCUT2D eigenvalue weighted by Gasteiger charge is 2.54.